The van der Waals surface area contributed by atoms with Crippen molar-refractivity contribution in [3.8, 4) is 11.3 Å². The lowest BCUT2D eigenvalue weighted by atomic mass is 10.1. The molecule has 0 fully saturated rings. The number of hydrogen-bond acceptors (Lipinski definition) is 3. The number of aromatic nitrogens is 1. The second kappa shape index (κ2) is 4.87. The molecule has 1 N–H and O–H groups in total. The van der Waals surface area contributed by atoms with Crippen molar-refractivity contribution < 1.29 is 9.53 Å². The van der Waals surface area contributed by atoms with Gasteiger partial charge in [0, 0.05) is 11.8 Å². The van der Waals surface area contributed by atoms with E-state index in [2.05, 4.69) is 9.72 Å². The molecule has 0 amide bonds. The van der Waals surface area contributed by atoms with Gasteiger partial charge in [-0.3, -0.25) is 4.79 Å². The Morgan fingerprint density at radius 3 is 2.44 bits per heavy atom. The monoisotopic (exact) mass is 243 g/mol. The predicted molar refractivity (Wildman–Crippen MR) is 68.6 cm³/mol. The zero-order valence-corrected chi connectivity index (χ0v) is 10.2. The summed E-state index contributed by atoms with van der Waals surface area (Å²) < 4.78 is 4.61. The summed E-state index contributed by atoms with van der Waals surface area (Å²) in [5.74, 6) is -0.519. The summed E-state index contributed by atoms with van der Waals surface area (Å²) in [6.45, 7) is 1.98. The molecule has 2 rings (SSSR count). The summed E-state index contributed by atoms with van der Waals surface area (Å²) in [6.07, 6.45) is 0. The van der Waals surface area contributed by atoms with Gasteiger partial charge in [0.25, 0.3) is 0 Å². The van der Waals surface area contributed by atoms with Crippen molar-refractivity contribution in [3.05, 3.63) is 57.9 Å². The molecule has 1 aromatic carbocycles. The zero-order valence-electron chi connectivity index (χ0n) is 10.2. The number of ether oxygens (including phenoxy) is 1. The summed E-state index contributed by atoms with van der Waals surface area (Å²) in [4.78, 5) is 25.6. The second-order valence-corrected chi connectivity index (χ2v) is 4.00. The smallest absolute Gasteiger partial charge is 0.338 e. The second-order valence-electron chi connectivity index (χ2n) is 4.00. The number of benzene rings is 1. The fraction of sp³-hybridized carbons (Fsp3) is 0.143. The third kappa shape index (κ3) is 2.48. The number of esters is 1. The quantitative estimate of drug-likeness (QED) is 0.822. The van der Waals surface area contributed by atoms with Crippen LogP contribution >= 0.6 is 0 Å². The number of H-pyrrole nitrogens is 1. The highest BCUT2D eigenvalue weighted by Crippen LogP contribution is 2.17. The van der Waals surface area contributed by atoms with E-state index in [0.29, 0.717) is 5.69 Å². The topological polar surface area (TPSA) is 59.2 Å². The van der Waals surface area contributed by atoms with Gasteiger partial charge in [-0.25, -0.2) is 4.79 Å². The highest BCUT2D eigenvalue weighted by atomic mass is 16.5. The lowest BCUT2D eigenvalue weighted by molar-refractivity contribution is 0.0600. The number of aromatic amines is 1. The Balaban J connectivity index is 2.51. The van der Waals surface area contributed by atoms with Crippen LogP contribution in [0.1, 0.15) is 15.9 Å². The maximum absolute atomic E-state index is 11.5. The van der Waals surface area contributed by atoms with Crippen LogP contribution in [0.15, 0.2) is 41.2 Å². The third-order valence-electron chi connectivity index (χ3n) is 2.63. The fourth-order valence-electron chi connectivity index (χ4n) is 1.67. The van der Waals surface area contributed by atoms with Crippen LogP contribution in [-0.2, 0) is 4.74 Å². The van der Waals surface area contributed by atoms with E-state index in [-0.39, 0.29) is 11.1 Å². The van der Waals surface area contributed by atoms with Gasteiger partial charge in [-0.1, -0.05) is 29.8 Å². The van der Waals surface area contributed by atoms with Crippen LogP contribution in [-0.4, -0.2) is 18.1 Å². The lowest BCUT2D eigenvalue weighted by Crippen LogP contribution is -2.11. The maximum Gasteiger partial charge on any atom is 0.338 e. The summed E-state index contributed by atoms with van der Waals surface area (Å²) in [5, 5.41) is 0. The predicted octanol–water partition coefficient (Wildman–Crippen LogP) is 2.14. The summed E-state index contributed by atoms with van der Waals surface area (Å²) in [5.41, 5.74) is 2.50. The molecule has 4 nitrogen and oxygen atoms in total. The van der Waals surface area contributed by atoms with Crippen molar-refractivity contribution in [3.63, 3.8) is 0 Å². The van der Waals surface area contributed by atoms with Crippen molar-refractivity contribution in [2.24, 2.45) is 0 Å². The van der Waals surface area contributed by atoms with Gasteiger partial charge in [-0.15, -0.1) is 0 Å². The van der Waals surface area contributed by atoms with Crippen LogP contribution in [0.5, 0.6) is 0 Å². The molecular weight excluding hydrogens is 230 g/mol. The Kier molecular flexibility index (Phi) is 3.28. The highest BCUT2D eigenvalue weighted by molar-refractivity contribution is 5.90. The van der Waals surface area contributed by atoms with Gasteiger partial charge >= 0.3 is 5.97 Å². The molecule has 0 bridgehead atoms. The van der Waals surface area contributed by atoms with Crippen LogP contribution in [0.3, 0.4) is 0 Å². The minimum Gasteiger partial charge on any atom is -0.465 e. The molecule has 0 atom stereocenters. The van der Waals surface area contributed by atoms with E-state index in [4.69, 9.17) is 0 Å². The average Bonchev–Trinajstić information content (AvgIpc) is 2.38. The number of nitrogens with one attached hydrogen (secondary N) is 1. The molecule has 0 saturated heterocycles. The van der Waals surface area contributed by atoms with E-state index in [1.807, 2.05) is 31.2 Å². The Morgan fingerprint density at radius 2 is 1.83 bits per heavy atom. The normalized spacial score (nSPS) is 10.1. The molecule has 0 unspecified atom stereocenters. The highest BCUT2D eigenvalue weighted by Gasteiger charge is 2.09. The third-order valence-corrected chi connectivity index (χ3v) is 2.63. The van der Waals surface area contributed by atoms with E-state index >= 15 is 0 Å². The first-order chi connectivity index (χ1) is 8.60. The van der Waals surface area contributed by atoms with Crippen molar-refractivity contribution in [2.45, 2.75) is 6.92 Å². The molecule has 1 aromatic heterocycles. The van der Waals surface area contributed by atoms with Crippen molar-refractivity contribution in [1.29, 1.82) is 0 Å². The largest absolute Gasteiger partial charge is 0.465 e. The van der Waals surface area contributed by atoms with Crippen LogP contribution in [0.25, 0.3) is 11.3 Å². The van der Waals surface area contributed by atoms with Gasteiger partial charge in [-0.2, -0.15) is 0 Å². The van der Waals surface area contributed by atoms with Gasteiger partial charge in [0.2, 0.25) is 5.56 Å². The summed E-state index contributed by atoms with van der Waals surface area (Å²) >= 11 is 0. The fourth-order valence-corrected chi connectivity index (χ4v) is 1.67. The number of carbonyl (C=O) groups excluding carboxylic acids is 1. The molecule has 1 heterocycles. The van der Waals surface area contributed by atoms with Crippen LogP contribution < -0.4 is 5.56 Å². The van der Waals surface area contributed by atoms with E-state index < -0.39 is 5.97 Å². The molecule has 0 spiro atoms. The maximum atomic E-state index is 11.5. The first-order valence-electron chi connectivity index (χ1n) is 5.50. The van der Waals surface area contributed by atoms with Crippen molar-refractivity contribution in [2.75, 3.05) is 7.11 Å². The molecule has 18 heavy (non-hydrogen) atoms. The van der Waals surface area contributed by atoms with Crippen LogP contribution in [0.2, 0.25) is 0 Å². The number of hydrogen-bond donors (Lipinski definition) is 1. The molecule has 0 radical (unpaired) electrons. The number of rotatable bonds is 2. The number of carbonyl (C=O) groups is 1. The van der Waals surface area contributed by atoms with Gasteiger partial charge in [0.1, 0.15) is 0 Å². The molecule has 0 aliphatic carbocycles. The van der Waals surface area contributed by atoms with Gasteiger partial charge in [-0.05, 0) is 18.6 Å². The number of aryl methyl sites for hydroxylation is 1. The molecule has 4 heteroatoms. The standard InChI is InChI=1S/C14H13NO3/c1-9-3-5-10(6-4-9)12-7-11(14(17)18-2)8-13(16)15-12/h3-8H,1-2H3,(H,15,16). The van der Waals surface area contributed by atoms with Crippen LogP contribution in [0.4, 0.5) is 0 Å². The Labute approximate surface area is 104 Å². The van der Waals surface area contributed by atoms with Crippen molar-refractivity contribution >= 4 is 5.97 Å². The minimum absolute atomic E-state index is 0.247. The van der Waals surface area contributed by atoms with E-state index in [1.165, 1.54) is 13.2 Å². The summed E-state index contributed by atoms with van der Waals surface area (Å²) in [7, 11) is 1.29. The van der Waals surface area contributed by atoms with E-state index in [1.54, 1.807) is 6.07 Å². The van der Waals surface area contributed by atoms with Gasteiger partial charge in [0.15, 0.2) is 0 Å². The van der Waals surface area contributed by atoms with Crippen LogP contribution in [0, 0.1) is 6.92 Å². The Bertz CT molecular complexity index is 626. The number of pyridine rings is 1. The lowest BCUT2D eigenvalue weighted by Gasteiger charge is -2.04. The molecule has 2 aromatic rings. The molecular formula is C14H13NO3. The SMILES string of the molecule is COC(=O)c1cc(-c2ccc(C)cc2)[nH]c(=O)c1. The van der Waals surface area contributed by atoms with Gasteiger partial charge < -0.3 is 9.72 Å². The Morgan fingerprint density at radius 1 is 1.17 bits per heavy atom. The first kappa shape index (κ1) is 12.1. The average molecular weight is 243 g/mol. The first-order valence-corrected chi connectivity index (χ1v) is 5.50. The molecule has 0 saturated carbocycles. The Hall–Kier alpha value is -2.36. The molecule has 0 aliphatic heterocycles. The molecule has 0 aliphatic rings. The number of methoxy groups -OCH3 is 1. The zero-order chi connectivity index (χ0) is 13.1. The van der Waals surface area contributed by atoms with E-state index in [0.717, 1.165) is 11.1 Å². The van der Waals surface area contributed by atoms with Crippen molar-refractivity contribution in [1.82, 2.24) is 4.98 Å². The summed E-state index contributed by atoms with van der Waals surface area (Å²) in [6, 6.07) is 10.5. The molecule has 92 valence electrons. The minimum atomic E-state index is -0.519. The van der Waals surface area contributed by atoms with Gasteiger partial charge in [0.05, 0.1) is 12.7 Å². The van der Waals surface area contributed by atoms with E-state index in [9.17, 15) is 9.59 Å².